The smallest absolute Gasteiger partial charge is 0.313 e. The molecule has 1 aliphatic rings. The van der Waals surface area contributed by atoms with Gasteiger partial charge in [0.05, 0.1) is 11.4 Å². The van der Waals surface area contributed by atoms with Gasteiger partial charge in [-0.15, -0.1) is 11.3 Å². The highest BCUT2D eigenvalue weighted by atomic mass is 32.2. The van der Waals surface area contributed by atoms with E-state index in [1.807, 2.05) is 0 Å². The summed E-state index contributed by atoms with van der Waals surface area (Å²) in [5.74, 6) is 0.155. The fourth-order valence-corrected chi connectivity index (χ4v) is 4.35. The lowest BCUT2D eigenvalue weighted by Crippen LogP contribution is -2.12. The van der Waals surface area contributed by atoms with Crippen molar-refractivity contribution in [2.75, 3.05) is 5.75 Å². The van der Waals surface area contributed by atoms with E-state index in [4.69, 9.17) is 5.11 Å². The van der Waals surface area contributed by atoms with Gasteiger partial charge in [0.1, 0.15) is 0 Å². The molecular formula is C12H17NO2S2. The van der Waals surface area contributed by atoms with Crippen molar-refractivity contribution in [3.8, 4) is 0 Å². The maximum Gasteiger partial charge on any atom is 0.313 e. The summed E-state index contributed by atoms with van der Waals surface area (Å²) in [6.07, 6.45) is 6.01. The SMILES string of the molecule is CCCC1CCc2nc(SCC(=O)O)sc2C1. The zero-order valence-corrected chi connectivity index (χ0v) is 11.6. The number of aromatic nitrogens is 1. The summed E-state index contributed by atoms with van der Waals surface area (Å²) in [6, 6.07) is 0. The van der Waals surface area contributed by atoms with Crippen LogP contribution in [0.25, 0.3) is 0 Å². The zero-order chi connectivity index (χ0) is 12.3. The molecule has 0 aliphatic heterocycles. The van der Waals surface area contributed by atoms with E-state index in [9.17, 15) is 4.79 Å². The standard InChI is InChI=1S/C12H17NO2S2/c1-2-3-8-4-5-9-10(6-8)17-12(13-9)16-7-11(14)15/h8H,2-7H2,1H3,(H,14,15). The minimum absolute atomic E-state index is 0.116. The van der Waals surface area contributed by atoms with E-state index in [0.29, 0.717) is 0 Å². The van der Waals surface area contributed by atoms with Gasteiger partial charge in [-0.1, -0.05) is 31.5 Å². The van der Waals surface area contributed by atoms with Crippen molar-refractivity contribution in [3.05, 3.63) is 10.6 Å². The quantitative estimate of drug-likeness (QED) is 0.835. The third kappa shape index (κ3) is 3.45. The van der Waals surface area contributed by atoms with E-state index >= 15 is 0 Å². The van der Waals surface area contributed by atoms with Crippen molar-refractivity contribution in [1.29, 1.82) is 0 Å². The Morgan fingerprint density at radius 1 is 1.65 bits per heavy atom. The molecule has 1 atom stereocenters. The molecule has 1 aromatic rings. The molecule has 1 unspecified atom stereocenters. The van der Waals surface area contributed by atoms with E-state index in [1.165, 1.54) is 41.6 Å². The van der Waals surface area contributed by atoms with Gasteiger partial charge >= 0.3 is 5.97 Å². The number of nitrogens with zero attached hydrogens (tertiary/aromatic N) is 1. The van der Waals surface area contributed by atoms with Crippen LogP contribution in [0.3, 0.4) is 0 Å². The lowest BCUT2D eigenvalue weighted by molar-refractivity contribution is -0.133. The highest BCUT2D eigenvalue weighted by Gasteiger charge is 2.22. The summed E-state index contributed by atoms with van der Waals surface area (Å²) in [5, 5.41) is 8.65. The first-order chi connectivity index (χ1) is 8.19. The molecule has 0 saturated carbocycles. The molecule has 0 saturated heterocycles. The van der Waals surface area contributed by atoms with Gasteiger partial charge in [-0.2, -0.15) is 0 Å². The molecule has 0 amide bonds. The summed E-state index contributed by atoms with van der Waals surface area (Å²) < 4.78 is 0.926. The Kier molecular flexibility index (Phi) is 4.45. The third-order valence-electron chi connectivity index (χ3n) is 3.04. The van der Waals surface area contributed by atoms with E-state index in [0.717, 1.165) is 23.1 Å². The fraction of sp³-hybridized carbons (Fsp3) is 0.667. The molecule has 0 fully saturated rings. The number of hydrogen-bond donors (Lipinski definition) is 1. The van der Waals surface area contributed by atoms with E-state index in [-0.39, 0.29) is 5.75 Å². The lowest BCUT2D eigenvalue weighted by Gasteiger charge is -2.19. The maximum atomic E-state index is 10.5. The second-order valence-corrected chi connectivity index (χ2v) is 6.74. The van der Waals surface area contributed by atoms with E-state index in [2.05, 4.69) is 11.9 Å². The number of thiazole rings is 1. The number of carbonyl (C=O) groups is 1. The summed E-state index contributed by atoms with van der Waals surface area (Å²) in [7, 11) is 0. The number of hydrogen-bond acceptors (Lipinski definition) is 4. The molecule has 3 nitrogen and oxygen atoms in total. The highest BCUT2D eigenvalue weighted by molar-refractivity contribution is 8.01. The monoisotopic (exact) mass is 271 g/mol. The highest BCUT2D eigenvalue weighted by Crippen LogP contribution is 2.35. The lowest BCUT2D eigenvalue weighted by atomic mass is 9.88. The normalized spacial score (nSPS) is 19.0. The van der Waals surface area contributed by atoms with Crippen molar-refractivity contribution in [3.63, 3.8) is 0 Å². The van der Waals surface area contributed by atoms with Gasteiger partial charge < -0.3 is 5.11 Å². The summed E-state index contributed by atoms with van der Waals surface area (Å²) in [4.78, 5) is 16.4. The summed E-state index contributed by atoms with van der Waals surface area (Å²) >= 11 is 3.04. The summed E-state index contributed by atoms with van der Waals surface area (Å²) in [6.45, 7) is 2.23. The zero-order valence-electron chi connectivity index (χ0n) is 9.94. The molecule has 0 radical (unpaired) electrons. The van der Waals surface area contributed by atoms with Crippen molar-refractivity contribution < 1.29 is 9.90 Å². The molecule has 0 aromatic carbocycles. The number of fused-ring (bicyclic) bond motifs is 1. The van der Waals surface area contributed by atoms with Crippen LogP contribution >= 0.6 is 23.1 Å². The molecule has 0 bridgehead atoms. The topological polar surface area (TPSA) is 50.2 Å². The van der Waals surface area contributed by atoms with Crippen LogP contribution in [-0.2, 0) is 17.6 Å². The van der Waals surface area contributed by atoms with Crippen molar-refractivity contribution >= 4 is 29.1 Å². The molecule has 5 heteroatoms. The van der Waals surface area contributed by atoms with Crippen LogP contribution in [0.1, 0.15) is 36.8 Å². The average Bonchev–Trinajstić information content (AvgIpc) is 2.69. The predicted octanol–water partition coefficient (Wildman–Crippen LogP) is 3.22. The van der Waals surface area contributed by atoms with Crippen LogP contribution in [0.4, 0.5) is 0 Å². The molecule has 1 heterocycles. The van der Waals surface area contributed by atoms with Gasteiger partial charge in [0.2, 0.25) is 0 Å². The van der Waals surface area contributed by atoms with Crippen LogP contribution in [0.15, 0.2) is 4.34 Å². The molecular weight excluding hydrogens is 254 g/mol. The Bertz CT molecular complexity index is 403. The maximum absolute atomic E-state index is 10.5. The van der Waals surface area contributed by atoms with Crippen LogP contribution < -0.4 is 0 Å². The number of thioether (sulfide) groups is 1. The first-order valence-corrected chi connectivity index (χ1v) is 7.82. The van der Waals surface area contributed by atoms with E-state index < -0.39 is 5.97 Å². The predicted molar refractivity (Wildman–Crippen MR) is 70.9 cm³/mol. The molecule has 94 valence electrons. The second kappa shape index (κ2) is 5.87. The van der Waals surface area contributed by atoms with Crippen LogP contribution in [0.5, 0.6) is 0 Å². The van der Waals surface area contributed by atoms with Crippen molar-refractivity contribution in [2.24, 2.45) is 5.92 Å². The number of rotatable bonds is 5. The Hall–Kier alpha value is -0.550. The van der Waals surface area contributed by atoms with Gasteiger partial charge in [-0.05, 0) is 25.2 Å². The second-order valence-electron chi connectivity index (χ2n) is 4.43. The number of aryl methyl sites for hydroxylation is 1. The van der Waals surface area contributed by atoms with Crippen LogP contribution in [-0.4, -0.2) is 21.8 Å². The average molecular weight is 271 g/mol. The Morgan fingerprint density at radius 2 is 2.47 bits per heavy atom. The number of carboxylic acids is 1. The first kappa shape index (κ1) is 12.9. The van der Waals surface area contributed by atoms with Gasteiger partial charge in [0.25, 0.3) is 0 Å². The summed E-state index contributed by atoms with van der Waals surface area (Å²) in [5.41, 5.74) is 1.22. The van der Waals surface area contributed by atoms with Crippen molar-refractivity contribution in [2.45, 2.75) is 43.4 Å². The molecule has 1 aliphatic carbocycles. The Labute approximate surface area is 110 Å². The van der Waals surface area contributed by atoms with Gasteiger partial charge in [-0.25, -0.2) is 4.98 Å². The molecule has 0 spiro atoms. The van der Waals surface area contributed by atoms with E-state index in [1.54, 1.807) is 11.3 Å². The molecule has 17 heavy (non-hydrogen) atoms. The number of carboxylic acid groups (broad SMARTS) is 1. The first-order valence-electron chi connectivity index (χ1n) is 6.02. The van der Waals surface area contributed by atoms with Gasteiger partial charge in [0, 0.05) is 4.88 Å². The van der Waals surface area contributed by atoms with Gasteiger partial charge in [0.15, 0.2) is 4.34 Å². The van der Waals surface area contributed by atoms with Crippen molar-refractivity contribution in [1.82, 2.24) is 4.98 Å². The largest absolute Gasteiger partial charge is 0.481 e. The number of aliphatic carboxylic acids is 1. The third-order valence-corrected chi connectivity index (χ3v) is 5.29. The van der Waals surface area contributed by atoms with Crippen LogP contribution in [0.2, 0.25) is 0 Å². The minimum atomic E-state index is -0.771. The Balaban J connectivity index is 1.99. The Morgan fingerprint density at radius 3 is 3.18 bits per heavy atom. The minimum Gasteiger partial charge on any atom is -0.481 e. The fourth-order valence-electron chi connectivity index (χ4n) is 2.26. The molecule has 2 rings (SSSR count). The molecule has 1 aromatic heterocycles. The van der Waals surface area contributed by atoms with Gasteiger partial charge in [-0.3, -0.25) is 4.79 Å². The molecule has 1 N–H and O–H groups in total. The van der Waals surface area contributed by atoms with Crippen LogP contribution in [0, 0.1) is 5.92 Å².